The van der Waals surface area contributed by atoms with Crippen molar-refractivity contribution in [1.82, 2.24) is 25.6 Å². The number of carbonyl (C=O) groups excluding carboxylic acids is 3. The molecule has 1 unspecified atom stereocenters. The first-order chi connectivity index (χ1) is 19.5. The van der Waals surface area contributed by atoms with E-state index in [-0.39, 0.29) is 18.3 Å². The van der Waals surface area contributed by atoms with Crippen LogP contribution in [-0.4, -0.2) is 51.1 Å². The van der Waals surface area contributed by atoms with Crippen LogP contribution in [0, 0.1) is 0 Å². The van der Waals surface area contributed by atoms with Crippen molar-refractivity contribution < 1.29 is 33.0 Å². The second kappa shape index (κ2) is 10.6. The molecule has 2 aromatic heterocycles. The zero-order valence-electron chi connectivity index (χ0n) is 21.0. The van der Waals surface area contributed by atoms with Gasteiger partial charge in [-0.05, 0) is 67.4 Å². The molecule has 12 heteroatoms. The average Bonchev–Trinajstić information content (AvgIpc) is 3.67. The Labute approximate surface area is 227 Å². The lowest BCUT2D eigenvalue weighted by Gasteiger charge is -2.35. The van der Waals surface area contributed by atoms with E-state index in [0.717, 1.165) is 12.0 Å². The highest BCUT2D eigenvalue weighted by atomic mass is 16.5. The quantitative estimate of drug-likeness (QED) is 0.316. The fourth-order valence-corrected chi connectivity index (χ4v) is 4.51. The number of rotatable bonds is 8. The summed E-state index contributed by atoms with van der Waals surface area (Å²) in [6.45, 7) is 0.539. The smallest absolute Gasteiger partial charge is 0.328 e. The van der Waals surface area contributed by atoms with E-state index in [2.05, 4.69) is 25.6 Å². The summed E-state index contributed by atoms with van der Waals surface area (Å²) in [5.74, 6) is 0.558. The normalized spacial score (nSPS) is 18.2. The monoisotopic (exact) mass is 541 g/mol. The Morgan fingerprint density at radius 3 is 2.20 bits per heavy atom. The minimum absolute atomic E-state index is 0.0209. The summed E-state index contributed by atoms with van der Waals surface area (Å²) in [5.41, 5.74) is -0.657. The SMILES string of the molecule is O=C1NC(=O)C(CC2CCCO2)(Oc2ccc(Oc3ccc(-c4nc(-c5ncccn5)co4)cc3)cc2)C(=O)N1. The molecule has 2 N–H and O–H groups in total. The Balaban J connectivity index is 1.14. The van der Waals surface area contributed by atoms with Gasteiger partial charge in [-0.15, -0.1) is 0 Å². The number of hydrogen-bond acceptors (Lipinski definition) is 10. The minimum Gasteiger partial charge on any atom is -0.467 e. The third kappa shape index (κ3) is 5.12. The summed E-state index contributed by atoms with van der Waals surface area (Å²) in [6.07, 6.45) is 5.91. The van der Waals surface area contributed by atoms with E-state index in [0.29, 0.717) is 41.9 Å². The van der Waals surface area contributed by atoms with Crippen LogP contribution in [0.5, 0.6) is 17.2 Å². The number of oxazole rings is 1. The highest BCUT2D eigenvalue weighted by molar-refractivity contribution is 6.21. The van der Waals surface area contributed by atoms with E-state index in [9.17, 15) is 14.4 Å². The van der Waals surface area contributed by atoms with Crippen molar-refractivity contribution in [2.75, 3.05) is 6.61 Å². The van der Waals surface area contributed by atoms with Crippen LogP contribution < -0.4 is 20.1 Å². The van der Waals surface area contributed by atoms with Gasteiger partial charge in [0.1, 0.15) is 29.2 Å². The van der Waals surface area contributed by atoms with Gasteiger partial charge in [0.2, 0.25) is 5.89 Å². The number of urea groups is 1. The molecule has 2 aliphatic heterocycles. The highest BCUT2D eigenvalue weighted by Gasteiger charge is 2.54. The van der Waals surface area contributed by atoms with Crippen LogP contribution in [0.25, 0.3) is 23.0 Å². The summed E-state index contributed by atoms with van der Waals surface area (Å²) >= 11 is 0. The maximum absolute atomic E-state index is 12.8. The highest BCUT2D eigenvalue weighted by Crippen LogP contribution is 2.32. The topological polar surface area (TPSA) is 155 Å². The molecule has 1 atom stereocenters. The molecule has 0 spiro atoms. The predicted octanol–water partition coefficient (Wildman–Crippen LogP) is 3.64. The van der Waals surface area contributed by atoms with E-state index in [4.69, 9.17) is 18.6 Å². The molecule has 2 aromatic carbocycles. The molecule has 0 radical (unpaired) electrons. The molecule has 2 aliphatic rings. The molecule has 2 saturated heterocycles. The number of amides is 4. The van der Waals surface area contributed by atoms with Gasteiger partial charge >= 0.3 is 6.03 Å². The number of imide groups is 2. The van der Waals surface area contributed by atoms with E-state index in [1.54, 1.807) is 54.9 Å². The van der Waals surface area contributed by atoms with Gasteiger partial charge in [0.25, 0.3) is 17.4 Å². The first kappa shape index (κ1) is 25.2. The van der Waals surface area contributed by atoms with Crippen molar-refractivity contribution in [2.24, 2.45) is 0 Å². The molecule has 0 bridgehead atoms. The van der Waals surface area contributed by atoms with Gasteiger partial charge in [-0.3, -0.25) is 20.2 Å². The average molecular weight is 542 g/mol. The standard InChI is InChI=1S/C28H23N5O7/c34-25-28(15-21-3-1-14-37-21,26(35)33-27(36)32-25)40-20-10-8-19(9-11-20)39-18-6-4-17(5-7-18)24-31-22(16-38-24)23-29-12-2-13-30-23/h2,4-13,16,21H,1,3,14-15H2,(H2,32,33,34,35,36). The van der Waals surface area contributed by atoms with Crippen LogP contribution in [0.1, 0.15) is 19.3 Å². The third-order valence-corrected chi connectivity index (χ3v) is 6.48. The Morgan fingerprint density at radius 1 is 0.900 bits per heavy atom. The maximum atomic E-state index is 12.8. The molecule has 4 amide bonds. The second-order valence-corrected chi connectivity index (χ2v) is 9.21. The van der Waals surface area contributed by atoms with Crippen molar-refractivity contribution in [3.05, 3.63) is 73.3 Å². The third-order valence-electron chi connectivity index (χ3n) is 6.48. The van der Waals surface area contributed by atoms with E-state index in [1.807, 2.05) is 12.1 Å². The molecule has 4 aromatic rings. The lowest BCUT2D eigenvalue weighted by Crippen LogP contribution is -2.69. The van der Waals surface area contributed by atoms with Crippen LogP contribution in [0.3, 0.4) is 0 Å². The van der Waals surface area contributed by atoms with Crippen LogP contribution in [0.4, 0.5) is 4.79 Å². The number of nitrogens with zero attached hydrogens (tertiary/aromatic N) is 3. The largest absolute Gasteiger partial charge is 0.467 e. The van der Waals surface area contributed by atoms with Crippen LogP contribution in [0.15, 0.2) is 77.7 Å². The van der Waals surface area contributed by atoms with Gasteiger partial charge in [-0.1, -0.05) is 0 Å². The zero-order chi connectivity index (χ0) is 27.5. The Hall–Kier alpha value is -5.10. The minimum atomic E-state index is -1.94. The van der Waals surface area contributed by atoms with Crippen molar-refractivity contribution in [3.8, 4) is 40.2 Å². The zero-order valence-corrected chi connectivity index (χ0v) is 21.0. The number of aromatic nitrogens is 3. The molecule has 2 fully saturated rings. The van der Waals surface area contributed by atoms with Crippen LogP contribution in [0.2, 0.25) is 0 Å². The van der Waals surface area contributed by atoms with Gasteiger partial charge in [0, 0.05) is 31.0 Å². The number of carbonyl (C=O) groups is 3. The molecular weight excluding hydrogens is 518 g/mol. The van der Waals surface area contributed by atoms with E-state index >= 15 is 0 Å². The Bertz CT molecular complexity index is 1510. The molecule has 202 valence electrons. The molecule has 12 nitrogen and oxygen atoms in total. The van der Waals surface area contributed by atoms with Crippen molar-refractivity contribution in [3.63, 3.8) is 0 Å². The lowest BCUT2D eigenvalue weighted by atomic mass is 9.91. The first-order valence-electron chi connectivity index (χ1n) is 12.6. The Kier molecular flexibility index (Phi) is 6.66. The molecule has 40 heavy (non-hydrogen) atoms. The molecule has 0 aliphatic carbocycles. The number of ether oxygens (including phenoxy) is 3. The lowest BCUT2D eigenvalue weighted by molar-refractivity contribution is -0.154. The van der Waals surface area contributed by atoms with Crippen molar-refractivity contribution in [1.29, 1.82) is 0 Å². The van der Waals surface area contributed by atoms with Crippen molar-refractivity contribution in [2.45, 2.75) is 31.0 Å². The fraction of sp³-hybridized carbons (Fsp3) is 0.214. The summed E-state index contributed by atoms with van der Waals surface area (Å²) in [6, 6.07) is 14.5. The van der Waals surface area contributed by atoms with E-state index in [1.165, 1.54) is 6.26 Å². The number of hydrogen-bond donors (Lipinski definition) is 2. The molecule has 4 heterocycles. The molecule has 0 saturated carbocycles. The van der Waals surface area contributed by atoms with Gasteiger partial charge in [-0.2, -0.15) is 0 Å². The van der Waals surface area contributed by atoms with Gasteiger partial charge < -0.3 is 18.6 Å². The van der Waals surface area contributed by atoms with E-state index < -0.39 is 23.4 Å². The van der Waals surface area contributed by atoms with Gasteiger partial charge in [0.15, 0.2) is 5.82 Å². The first-order valence-corrected chi connectivity index (χ1v) is 12.6. The second-order valence-electron chi connectivity index (χ2n) is 9.21. The maximum Gasteiger partial charge on any atom is 0.328 e. The number of barbiturate groups is 1. The predicted molar refractivity (Wildman–Crippen MR) is 138 cm³/mol. The van der Waals surface area contributed by atoms with Crippen LogP contribution >= 0.6 is 0 Å². The van der Waals surface area contributed by atoms with Crippen molar-refractivity contribution >= 4 is 17.8 Å². The summed E-state index contributed by atoms with van der Waals surface area (Å²) < 4.78 is 23.1. The van der Waals surface area contributed by atoms with Gasteiger partial charge in [-0.25, -0.2) is 19.7 Å². The fourth-order valence-electron chi connectivity index (χ4n) is 4.51. The van der Waals surface area contributed by atoms with Gasteiger partial charge in [0.05, 0.1) is 6.10 Å². The van der Waals surface area contributed by atoms with Crippen LogP contribution in [-0.2, 0) is 14.3 Å². The number of benzene rings is 2. The summed E-state index contributed by atoms with van der Waals surface area (Å²) in [5, 5.41) is 4.26. The number of nitrogens with one attached hydrogen (secondary N) is 2. The summed E-state index contributed by atoms with van der Waals surface area (Å²) in [7, 11) is 0. The summed E-state index contributed by atoms with van der Waals surface area (Å²) in [4.78, 5) is 50.1. The molecule has 6 rings (SSSR count). The molecular formula is C28H23N5O7. The Morgan fingerprint density at radius 2 is 1.55 bits per heavy atom.